The first-order chi connectivity index (χ1) is 10.5. The van der Waals surface area contributed by atoms with E-state index in [2.05, 4.69) is 43.9 Å². The van der Waals surface area contributed by atoms with Crippen molar-refractivity contribution < 1.29 is 9.84 Å². The molecule has 2 aromatic rings. The zero-order valence-corrected chi connectivity index (χ0v) is 14.4. The van der Waals surface area contributed by atoms with Crippen LogP contribution in [0.1, 0.15) is 11.1 Å². The molecule has 2 rings (SSSR count). The average Bonchev–Trinajstić information content (AvgIpc) is 2.54. The first-order valence-electron chi connectivity index (χ1n) is 7.58. The smallest absolute Gasteiger partial charge is 0.119 e. The Bertz CT molecular complexity index is 600. The second kappa shape index (κ2) is 7.43. The monoisotopic (exact) mass is 312 g/mol. The fraction of sp³-hybridized carbons (Fsp3) is 0.263. The maximum atomic E-state index is 9.02. The summed E-state index contributed by atoms with van der Waals surface area (Å²) in [5, 5.41) is 10.5. The molecule has 0 aliphatic carbocycles. The van der Waals surface area contributed by atoms with Gasteiger partial charge < -0.3 is 9.84 Å². The zero-order chi connectivity index (χ0) is 16.0. The Morgan fingerprint density at radius 1 is 1.00 bits per heavy atom. The maximum absolute atomic E-state index is 9.02. The van der Waals surface area contributed by atoms with Gasteiger partial charge >= 0.3 is 0 Å². The second-order valence-corrected chi connectivity index (χ2v) is 10.9. The summed E-state index contributed by atoms with van der Waals surface area (Å²) in [6, 6.07) is 17.4. The molecule has 0 saturated heterocycles. The largest absolute Gasteiger partial charge is 0.489 e. The van der Waals surface area contributed by atoms with Gasteiger partial charge in [-0.15, -0.1) is 6.58 Å². The molecule has 0 spiro atoms. The lowest BCUT2D eigenvalue weighted by Crippen LogP contribution is -2.40. The summed E-state index contributed by atoms with van der Waals surface area (Å²) < 4.78 is 5.78. The SMILES string of the molecule is C=CC[Si](C)(C)c1ccc(COc2ccc(CO)cc2)cc1. The highest BCUT2D eigenvalue weighted by atomic mass is 28.3. The van der Waals surface area contributed by atoms with E-state index in [4.69, 9.17) is 9.84 Å². The van der Waals surface area contributed by atoms with E-state index in [0.29, 0.717) is 6.61 Å². The molecule has 22 heavy (non-hydrogen) atoms. The summed E-state index contributed by atoms with van der Waals surface area (Å²) in [5.41, 5.74) is 2.06. The molecular weight excluding hydrogens is 288 g/mol. The van der Waals surface area contributed by atoms with E-state index in [0.717, 1.165) is 17.4 Å². The predicted molar refractivity (Wildman–Crippen MR) is 95.3 cm³/mol. The average molecular weight is 312 g/mol. The summed E-state index contributed by atoms with van der Waals surface area (Å²) in [4.78, 5) is 0. The number of aliphatic hydroxyl groups excluding tert-OH is 1. The topological polar surface area (TPSA) is 29.5 Å². The van der Waals surface area contributed by atoms with Crippen molar-refractivity contribution in [3.05, 3.63) is 72.3 Å². The van der Waals surface area contributed by atoms with E-state index in [1.807, 2.05) is 30.3 Å². The van der Waals surface area contributed by atoms with Crippen LogP contribution in [0.2, 0.25) is 19.1 Å². The molecule has 0 heterocycles. The van der Waals surface area contributed by atoms with Crippen molar-refractivity contribution in [2.45, 2.75) is 32.4 Å². The standard InChI is InChI=1S/C19H24O2Si/c1-4-13-22(2,3)19-11-7-17(8-12-19)15-21-18-9-5-16(14-20)6-10-18/h4-12,20H,1,13-15H2,2-3H3. The van der Waals surface area contributed by atoms with Gasteiger partial charge in [0.15, 0.2) is 0 Å². The van der Waals surface area contributed by atoms with Crippen LogP contribution >= 0.6 is 0 Å². The molecule has 3 heteroatoms. The second-order valence-electron chi connectivity index (χ2n) is 6.16. The molecule has 1 N–H and O–H groups in total. The van der Waals surface area contributed by atoms with Gasteiger partial charge in [-0.3, -0.25) is 0 Å². The van der Waals surface area contributed by atoms with Crippen molar-refractivity contribution in [2.24, 2.45) is 0 Å². The summed E-state index contributed by atoms with van der Waals surface area (Å²) in [7, 11) is -1.38. The van der Waals surface area contributed by atoms with Crippen LogP contribution in [0.15, 0.2) is 61.2 Å². The molecule has 0 saturated carbocycles. The van der Waals surface area contributed by atoms with Crippen molar-refractivity contribution in [1.29, 1.82) is 0 Å². The van der Waals surface area contributed by atoms with Gasteiger partial charge in [0, 0.05) is 0 Å². The molecule has 0 unspecified atom stereocenters. The number of ether oxygens (including phenoxy) is 1. The molecule has 0 radical (unpaired) electrons. The molecule has 0 aliphatic rings. The van der Waals surface area contributed by atoms with Crippen molar-refractivity contribution in [2.75, 3.05) is 0 Å². The minimum Gasteiger partial charge on any atom is -0.489 e. The fourth-order valence-corrected chi connectivity index (χ4v) is 4.42. The first-order valence-corrected chi connectivity index (χ1v) is 10.8. The van der Waals surface area contributed by atoms with Crippen LogP contribution in [0.4, 0.5) is 0 Å². The highest BCUT2D eigenvalue weighted by Gasteiger charge is 2.21. The van der Waals surface area contributed by atoms with Crippen LogP contribution < -0.4 is 9.92 Å². The Hall–Kier alpha value is -1.84. The van der Waals surface area contributed by atoms with Crippen LogP contribution in [0, 0.1) is 0 Å². The van der Waals surface area contributed by atoms with E-state index in [9.17, 15) is 0 Å². The molecule has 116 valence electrons. The maximum Gasteiger partial charge on any atom is 0.119 e. The minimum absolute atomic E-state index is 0.0616. The predicted octanol–water partition coefficient (Wildman–Crippen LogP) is 3.86. The molecule has 0 aliphatic heterocycles. The van der Waals surface area contributed by atoms with Gasteiger partial charge in [-0.05, 0) is 29.3 Å². The van der Waals surface area contributed by atoms with Crippen LogP contribution in [-0.4, -0.2) is 13.2 Å². The van der Waals surface area contributed by atoms with Crippen molar-refractivity contribution in [1.82, 2.24) is 0 Å². The van der Waals surface area contributed by atoms with Gasteiger partial charge in [-0.1, -0.05) is 60.8 Å². The number of allylic oxidation sites excluding steroid dienone is 1. The van der Waals surface area contributed by atoms with Gasteiger partial charge in [0.1, 0.15) is 12.4 Å². The third-order valence-corrected chi connectivity index (χ3v) is 7.11. The Labute approximate surface area is 134 Å². The molecule has 0 bridgehead atoms. The van der Waals surface area contributed by atoms with Crippen LogP contribution in [0.3, 0.4) is 0 Å². The molecule has 0 fully saturated rings. The Kier molecular flexibility index (Phi) is 5.58. The van der Waals surface area contributed by atoms with Gasteiger partial charge in [0.2, 0.25) is 0 Å². The third kappa shape index (κ3) is 4.32. The van der Waals surface area contributed by atoms with Gasteiger partial charge in [0.05, 0.1) is 14.7 Å². The highest BCUT2D eigenvalue weighted by molar-refractivity contribution is 6.90. The summed E-state index contributed by atoms with van der Waals surface area (Å²) in [6.07, 6.45) is 2.03. The van der Waals surface area contributed by atoms with E-state index in [1.165, 1.54) is 10.8 Å². The molecule has 2 nitrogen and oxygen atoms in total. The number of hydrogen-bond acceptors (Lipinski definition) is 2. The van der Waals surface area contributed by atoms with Crippen LogP contribution in [0.5, 0.6) is 5.75 Å². The highest BCUT2D eigenvalue weighted by Crippen LogP contribution is 2.15. The van der Waals surface area contributed by atoms with E-state index >= 15 is 0 Å². The van der Waals surface area contributed by atoms with Crippen LogP contribution in [0.25, 0.3) is 0 Å². The van der Waals surface area contributed by atoms with Crippen LogP contribution in [-0.2, 0) is 13.2 Å². The number of hydrogen-bond donors (Lipinski definition) is 1. The van der Waals surface area contributed by atoms with Crippen molar-refractivity contribution in [3.8, 4) is 5.75 Å². The van der Waals surface area contributed by atoms with Gasteiger partial charge in [-0.25, -0.2) is 0 Å². The van der Waals surface area contributed by atoms with E-state index in [-0.39, 0.29) is 6.61 Å². The normalized spacial score (nSPS) is 11.2. The minimum atomic E-state index is -1.38. The lowest BCUT2D eigenvalue weighted by Gasteiger charge is -2.21. The fourth-order valence-electron chi connectivity index (χ4n) is 2.39. The Morgan fingerprint density at radius 2 is 1.59 bits per heavy atom. The summed E-state index contributed by atoms with van der Waals surface area (Å²) in [5.74, 6) is 0.822. The van der Waals surface area contributed by atoms with Crippen molar-refractivity contribution >= 4 is 13.3 Å². The van der Waals surface area contributed by atoms with E-state index < -0.39 is 8.07 Å². The lowest BCUT2D eigenvalue weighted by molar-refractivity contribution is 0.280. The molecule has 0 amide bonds. The number of aliphatic hydroxyl groups is 1. The lowest BCUT2D eigenvalue weighted by atomic mass is 10.2. The Balaban J connectivity index is 1.97. The first kappa shape index (κ1) is 16.5. The van der Waals surface area contributed by atoms with Gasteiger partial charge in [0.25, 0.3) is 0 Å². The quantitative estimate of drug-likeness (QED) is 0.621. The number of benzene rings is 2. The number of rotatable bonds is 7. The molecule has 2 aromatic carbocycles. The van der Waals surface area contributed by atoms with E-state index in [1.54, 1.807) is 0 Å². The summed E-state index contributed by atoms with van der Waals surface area (Å²) in [6.45, 7) is 9.21. The Morgan fingerprint density at radius 3 is 2.14 bits per heavy atom. The van der Waals surface area contributed by atoms with Gasteiger partial charge in [-0.2, -0.15) is 0 Å². The third-order valence-electron chi connectivity index (χ3n) is 3.90. The molecular formula is C19H24O2Si. The molecule has 0 atom stereocenters. The van der Waals surface area contributed by atoms with Crippen molar-refractivity contribution in [3.63, 3.8) is 0 Å². The summed E-state index contributed by atoms with van der Waals surface area (Å²) >= 11 is 0. The zero-order valence-electron chi connectivity index (χ0n) is 13.4. The molecule has 0 aromatic heterocycles.